The molecule has 0 saturated carbocycles. The minimum Gasteiger partial charge on any atom is -0.308 e. The van der Waals surface area contributed by atoms with Crippen LogP contribution in [0.5, 0.6) is 0 Å². The van der Waals surface area contributed by atoms with Crippen LogP contribution in [0.15, 0.2) is 11.4 Å². The van der Waals surface area contributed by atoms with E-state index in [1.807, 2.05) is 11.4 Å². The Bertz CT molecular complexity index is 655. The number of nitrogens with two attached hydrogens (primary N) is 1. The molecular weight excluding hydrogens is 286 g/mol. The maximum absolute atomic E-state index is 11.5. The SMILES string of the molecule is NNc1nc(CN2C(=O)CSC2=O)nc2sccc12. The second kappa shape index (κ2) is 4.76. The van der Waals surface area contributed by atoms with Gasteiger partial charge in [0.1, 0.15) is 4.83 Å². The fraction of sp³-hybridized carbons (Fsp3) is 0.200. The number of nitrogens with zero attached hydrogens (tertiary/aromatic N) is 3. The first-order chi connectivity index (χ1) is 9.19. The van der Waals surface area contributed by atoms with Crippen molar-refractivity contribution in [3.8, 4) is 0 Å². The fourth-order valence-electron chi connectivity index (χ4n) is 1.76. The van der Waals surface area contributed by atoms with Gasteiger partial charge in [-0.1, -0.05) is 11.8 Å². The first kappa shape index (κ1) is 12.3. The van der Waals surface area contributed by atoms with Gasteiger partial charge in [-0.25, -0.2) is 15.8 Å². The second-order valence-corrected chi connectivity index (χ2v) is 5.63. The van der Waals surface area contributed by atoms with Gasteiger partial charge in [0, 0.05) is 0 Å². The predicted molar refractivity (Wildman–Crippen MR) is 73.6 cm³/mol. The van der Waals surface area contributed by atoms with Crippen molar-refractivity contribution in [3.05, 3.63) is 17.3 Å². The number of imide groups is 1. The number of nitrogen functional groups attached to an aromatic ring is 1. The molecule has 0 atom stereocenters. The molecule has 0 spiro atoms. The van der Waals surface area contributed by atoms with Crippen LogP contribution in [-0.2, 0) is 11.3 Å². The Morgan fingerprint density at radius 3 is 2.95 bits per heavy atom. The smallest absolute Gasteiger partial charge is 0.289 e. The van der Waals surface area contributed by atoms with Gasteiger partial charge in [-0.2, -0.15) is 0 Å². The average molecular weight is 295 g/mol. The quantitative estimate of drug-likeness (QED) is 0.647. The maximum atomic E-state index is 11.5. The summed E-state index contributed by atoms with van der Waals surface area (Å²) in [5.41, 5.74) is 2.51. The molecule has 0 aromatic carbocycles. The summed E-state index contributed by atoms with van der Waals surface area (Å²) in [5, 5.41) is 2.44. The Kier molecular flexibility index (Phi) is 3.09. The van der Waals surface area contributed by atoms with E-state index in [0.29, 0.717) is 11.6 Å². The first-order valence-corrected chi connectivity index (χ1v) is 7.23. The van der Waals surface area contributed by atoms with Crippen molar-refractivity contribution in [1.29, 1.82) is 0 Å². The summed E-state index contributed by atoms with van der Waals surface area (Å²) in [6.07, 6.45) is 0. The zero-order valence-electron chi connectivity index (χ0n) is 9.62. The summed E-state index contributed by atoms with van der Waals surface area (Å²) in [4.78, 5) is 33.6. The van der Waals surface area contributed by atoms with E-state index >= 15 is 0 Å². The Morgan fingerprint density at radius 1 is 1.42 bits per heavy atom. The summed E-state index contributed by atoms with van der Waals surface area (Å²) < 4.78 is 0. The van der Waals surface area contributed by atoms with E-state index in [1.165, 1.54) is 11.3 Å². The molecule has 2 amide bonds. The normalized spacial score (nSPS) is 15.5. The van der Waals surface area contributed by atoms with Gasteiger partial charge >= 0.3 is 0 Å². The highest BCUT2D eigenvalue weighted by atomic mass is 32.2. The third-order valence-electron chi connectivity index (χ3n) is 2.65. The van der Waals surface area contributed by atoms with E-state index in [9.17, 15) is 9.59 Å². The minimum absolute atomic E-state index is 0.0766. The second-order valence-electron chi connectivity index (χ2n) is 3.81. The van der Waals surface area contributed by atoms with Crippen LogP contribution in [0.3, 0.4) is 0 Å². The van der Waals surface area contributed by atoms with Crippen LogP contribution >= 0.6 is 23.1 Å². The lowest BCUT2D eigenvalue weighted by Crippen LogP contribution is -2.29. The molecule has 0 radical (unpaired) electrons. The molecule has 7 nitrogen and oxygen atoms in total. The highest BCUT2D eigenvalue weighted by Crippen LogP contribution is 2.26. The number of nitrogens with one attached hydrogen (secondary N) is 1. The molecule has 1 fully saturated rings. The fourth-order valence-corrected chi connectivity index (χ4v) is 3.26. The number of hydrogen-bond acceptors (Lipinski definition) is 8. The molecule has 19 heavy (non-hydrogen) atoms. The Morgan fingerprint density at radius 2 is 2.26 bits per heavy atom. The van der Waals surface area contributed by atoms with Crippen LogP contribution in [0.4, 0.5) is 10.6 Å². The number of hydrogen-bond donors (Lipinski definition) is 2. The zero-order valence-corrected chi connectivity index (χ0v) is 11.3. The van der Waals surface area contributed by atoms with Crippen molar-refractivity contribution in [2.24, 2.45) is 5.84 Å². The van der Waals surface area contributed by atoms with Crippen LogP contribution in [0.25, 0.3) is 10.2 Å². The first-order valence-electron chi connectivity index (χ1n) is 5.37. The monoisotopic (exact) mass is 295 g/mol. The number of anilines is 1. The molecule has 1 aliphatic heterocycles. The molecule has 1 aliphatic rings. The average Bonchev–Trinajstić information content (AvgIpc) is 2.99. The highest BCUT2D eigenvalue weighted by molar-refractivity contribution is 8.14. The molecule has 3 heterocycles. The summed E-state index contributed by atoms with van der Waals surface area (Å²) in [6, 6.07) is 1.86. The summed E-state index contributed by atoms with van der Waals surface area (Å²) in [5.74, 6) is 6.28. The van der Waals surface area contributed by atoms with Gasteiger partial charge in [0.05, 0.1) is 17.7 Å². The van der Waals surface area contributed by atoms with Gasteiger partial charge in [0.2, 0.25) is 5.91 Å². The number of amides is 2. The highest BCUT2D eigenvalue weighted by Gasteiger charge is 2.30. The summed E-state index contributed by atoms with van der Waals surface area (Å²) >= 11 is 2.44. The van der Waals surface area contributed by atoms with E-state index in [4.69, 9.17) is 5.84 Å². The molecule has 98 valence electrons. The van der Waals surface area contributed by atoms with Crippen LogP contribution in [0, 0.1) is 0 Å². The third kappa shape index (κ3) is 2.15. The standard InChI is InChI=1S/C10H9N5O2S2/c11-14-8-5-1-2-18-9(5)13-6(12-8)3-15-7(16)4-19-10(15)17/h1-2H,3-4,11H2,(H,12,13,14). The topological polar surface area (TPSA) is 101 Å². The van der Waals surface area contributed by atoms with Gasteiger partial charge in [-0.05, 0) is 11.4 Å². The van der Waals surface area contributed by atoms with E-state index in [0.717, 1.165) is 26.9 Å². The number of thiophene rings is 1. The number of carbonyl (C=O) groups is 2. The lowest BCUT2D eigenvalue weighted by molar-refractivity contribution is -0.125. The van der Waals surface area contributed by atoms with Crippen molar-refractivity contribution in [1.82, 2.24) is 14.9 Å². The van der Waals surface area contributed by atoms with Gasteiger partial charge in [-0.3, -0.25) is 14.5 Å². The van der Waals surface area contributed by atoms with Crippen LogP contribution in [-0.4, -0.2) is 31.8 Å². The number of hydrazine groups is 1. The molecule has 3 N–H and O–H groups in total. The molecule has 3 rings (SSSR count). The number of aromatic nitrogens is 2. The Hall–Kier alpha value is -1.71. The van der Waals surface area contributed by atoms with Gasteiger partial charge in [0.15, 0.2) is 11.6 Å². The zero-order chi connectivity index (χ0) is 13.4. The van der Waals surface area contributed by atoms with E-state index in [-0.39, 0.29) is 23.4 Å². The van der Waals surface area contributed by atoms with Crippen LogP contribution in [0.1, 0.15) is 5.82 Å². The van der Waals surface area contributed by atoms with Gasteiger partial charge in [0.25, 0.3) is 5.24 Å². The number of carbonyl (C=O) groups excluding carboxylic acids is 2. The largest absolute Gasteiger partial charge is 0.308 e. The third-order valence-corrected chi connectivity index (χ3v) is 4.31. The Balaban J connectivity index is 1.96. The van der Waals surface area contributed by atoms with Gasteiger partial charge < -0.3 is 5.43 Å². The van der Waals surface area contributed by atoms with E-state index in [2.05, 4.69) is 15.4 Å². The van der Waals surface area contributed by atoms with Crippen LogP contribution in [0.2, 0.25) is 0 Å². The predicted octanol–water partition coefficient (Wildman–Crippen LogP) is 1.17. The van der Waals surface area contributed by atoms with Crippen LogP contribution < -0.4 is 11.3 Å². The van der Waals surface area contributed by atoms with Gasteiger partial charge in [-0.15, -0.1) is 11.3 Å². The molecule has 0 aliphatic carbocycles. The molecule has 1 saturated heterocycles. The number of fused-ring (bicyclic) bond motifs is 1. The number of rotatable bonds is 3. The van der Waals surface area contributed by atoms with Crippen molar-refractivity contribution >= 4 is 50.3 Å². The lowest BCUT2D eigenvalue weighted by atomic mass is 10.3. The molecule has 2 aromatic rings. The van der Waals surface area contributed by atoms with Crippen molar-refractivity contribution in [2.45, 2.75) is 6.54 Å². The van der Waals surface area contributed by atoms with E-state index in [1.54, 1.807) is 0 Å². The number of thioether (sulfide) groups is 1. The summed E-state index contributed by atoms with van der Waals surface area (Å²) in [7, 11) is 0. The van der Waals surface area contributed by atoms with Crippen molar-refractivity contribution in [3.63, 3.8) is 0 Å². The molecule has 9 heteroatoms. The molecule has 0 unspecified atom stereocenters. The molecule has 0 bridgehead atoms. The van der Waals surface area contributed by atoms with E-state index < -0.39 is 0 Å². The molecule has 2 aromatic heterocycles. The maximum Gasteiger partial charge on any atom is 0.289 e. The minimum atomic E-state index is -0.262. The molecular formula is C10H9N5O2S2. The summed E-state index contributed by atoms with van der Waals surface area (Å²) in [6.45, 7) is 0.0766. The lowest BCUT2D eigenvalue weighted by Gasteiger charge is -2.12. The Labute approximate surface area is 116 Å². The van der Waals surface area contributed by atoms with Crippen molar-refractivity contribution < 1.29 is 9.59 Å². The van der Waals surface area contributed by atoms with Crippen molar-refractivity contribution in [2.75, 3.05) is 11.2 Å².